The molecule has 0 saturated carbocycles. The zero-order chi connectivity index (χ0) is 17.6. The molecular weight excluding hydrogens is 340 g/mol. The number of hydrogen-bond acceptors (Lipinski definition) is 4. The van der Waals surface area contributed by atoms with Gasteiger partial charge in [-0.15, -0.1) is 0 Å². The van der Waals surface area contributed by atoms with Crippen molar-refractivity contribution in [1.29, 1.82) is 0 Å². The van der Waals surface area contributed by atoms with Crippen LogP contribution in [0.3, 0.4) is 0 Å². The molecule has 0 saturated heterocycles. The van der Waals surface area contributed by atoms with Crippen molar-refractivity contribution in [3.63, 3.8) is 0 Å². The average molecular weight is 355 g/mol. The number of sulfonamides is 1. The van der Waals surface area contributed by atoms with E-state index in [4.69, 9.17) is 0 Å². The summed E-state index contributed by atoms with van der Waals surface area (Å²) >= 11 is 0. The van der Waals surface area contributed by atoms with Gasteiger partial charge in [-0.1, -0.05) is 6.07 Å². The summed E-state index contributed by atoms with van der Waals surface area (Å²) < 4.78 is 51.7. The molecule has 2 rings (SSSR count). The van der Waals surface area contributed by atoms with Gasteiger partial charge in [0, 0.05) is 18.9 Å². The second-order valence-electron chi connectivity index (χ2n) is 4.96. The number of carbonyl (C=O) groups is 1. The normalized spacial score (nSPS) is 11.2. The summed E-state index contributed by atoms with van der Waals surface area (Å²) in [6, 6.07) is 6.25. The smallest absolute Gasteiger partial charge is 0.235 e. The van der Waals surface area contributed by atoms with Gasteiger partial charge in [-0.3, -0.25) is 9.78 Å². The Labute approximate surface area is 138 Å². The Hall–Kier alpha value is -2.39. The minimum atomic E-state index is -3.85. The highest BCUT2D eigenvalue weighted by atomic mass is 32.2. The summed E-state index contributed by atoms with van der Waals surface area (Å²) in [6.07, 6.45) is 3.15. The summed E-state index contributed by atoms with van der Waals surface area (Å²) in [5.41, 5.74) is 0.904. The van der Waals surface area contributed by atoms with Crippen molar-refractivity contribution < 1.29 is 22.0 Å². The number of carbonyl (C=O) groups excluding carboxylic acids is 1. The van der Waals surface area contributed by atoms with Crippen LogP contribution in [0.25, 0.3) is 0 Å². The molecule has 0 bridgehead atoms. The molecule has 0 unspecified atom stereocenters. The van der Waals surface area contributed by atoms with Crippen molar-refractivity contribution >= 4 is 15.9 Å². The number of hydrogen-bond donors (Lipinski definition) is 2. The van der Waals surface area contributed by atoms with Crippen molar-refractivity contribution in [2.75, 3.05) is 6.54 Å². The fraction of sp³-hybridized carbons (Fsp3) is 0.200. The lowest BCUT2D eigenvalue weighted by Gasteiger charge is -2.08. The Kier molecular flexibility index (Phi) is 5.93. The number of nitrogens with one attached hydrogen (secondary N) is 2. The minimum absolute atomic E-state index is 0.0820. The Morgan fingerprint density at radius 2 is 1.75 bits per heavy atom. The molecule has 6 nitrogen and oxygen atoms in total. The topological polar surface area (TPSA) is 88.2 Å². The molecule has 0 aliphatic heterocycles. The van der Waals surface area contributed by atoms with Gasteiger partial charge in [0.05, 0.1) is 12.3 Å². The number of benzene rings is 1. The Morgan fingerprint density at radius 3 is 2.42 bits per heavy atom. The van der Waals surface area contributed by atoms with Crippen LogP contribution in [0.1, 0.15) is 11.1 Å². The molecule has 2 N–H and O–H groups in total. The van der Waals surface area contributed by atoms with E-state index in [1.165, 1.54) is 6.07 Å². The monoisotopic (exact) mass is 355 g/mol. The molecule has 0 radical (unpaired) electrons. The van der Waals surface area contributed by atoms with Crippen LogP contribution >= 0.6 is 0 Å². The van der Waals surface area contributed by atoms with Gasteiger partial charge in [0.25, 0.3) is 0 Å². The number of amides is 1. The molecule has 1 amide bonds. The van der Waals surface area contributed by atoms with Gasteiger partial charge in [0.15, 0.2) is 11.6 Å². The number of rotatable bonds is 7. The molecular formula is C15H15F2N3O3S. The summed E-state index contributed by atoms with van der Waals surface area (Å²) in [6.45, 7) is -0.205. The van der Waals surface area contributed by atoms with E-state index in [1.807, 2.05) is 0 Å². The summed E-state index contributed by atoms with van der Waals surface area (Å²) in [5.74, 6) is -3.25. The molecule has 9 heteroatoms. The number of aromatic nitrogens is 1. The third kappa shape index (κ3) is 5.67. The highest BCUT2D eigenvalue weighted by Crippen LogP contribution is 2.11. The molecule has 0 fully saturated rings. The van der Waals surface area contributed by atoms with E-state index >= 15 is 0 Å². The first kappa shape index (κ1) is 18.0. The lowest BCUT2D eigenvalue weighted by molar-refractivity contribution is -0.120. The van der Waals surface area contributed by atoms with Crippen molar-refractivity contribution in [2.45, 2.75) is 12.3 Å². The van der Waals surface area contributed by atoms with E-state index in [-0.39, 0.29) is 12.1 Å². The molecule has 0 spiro atoms. The van der Waals surface area contributed by atoms with Crippen LogP contribution in [-0.4, -0.2) is 25.9 Å². The molecule has 1 aromatic heterocycles. The van der Waals surface area contributed by atoms with Crippen molar-refractivity contribution in [3.05, 3.63) is 65.5 Å². The molecule has 24 heavy (non-hydrogen) atoms. The van der Waals surface area contributed by atoms with Crippen LogP contribution in [0, 0.1) is 11.6 Å². The maximum atomic E-state index is 13.1. The zero-order valence-electron chi connectivity index (χ0n) is 12.5. The Bertz CT molecular complexity index is 814. The summed E-state index contributed by atoms with van der Waals surface area (Å²) in [7, 11) is -3.85. The molecule has 0 aliphatic carbocycles. The number of halogens is 2. The van der Waals surface area contributed by atoms with E-state index in [0.717, 1.165) is 17.7 Å². The van der Waals surface area contributed by atoms with E-state index in [9.17, 15) is 22.0 Å². The van der Waals surface area contributed by atoms with Crippen molar-refractivity contribution in [2.24, 2.45) is 0 Å². The van der Waals surface area contributed by atoms with Gasteiger partial charge in [-0.05, 0) is 35.4 Å². The third-order valence-electron chi connectivity index (χ3n) is 3.03. The van der Waals surface area contributed by atoms with Gasteiger partial charge in [0.1, 0.15) is 0 Å². The molecule has 0 atom stereocenters. The van der Waals surface area contributed by atoms with E-state index < -0.39 is 39.9 Å². The largest absolute Gasteiger partial charge is 0.351 e. The highest BCUT2D eigenvalue weighted by Gasteiger charge is 2.14. The Balaban J connectivity index is 1.83. The van der Waals surface area contributed by atoms with E-state index in [0.29, 0.717) is 0 Å². The fourth-order valence-electron chi connectivity index (χ4n) is 1.84. The van der Waals surface area contributed by atoms with Crippen LogP contribution in [0.5, 0.6) is 0 Å². The first-order valence-electron chi connectivity index (χ1n) is 6.92. The quantitative estimate of drug-likeness (QED) is 0.778. The van der Waals surface area contributed by atoms with Crippen LogP contribution in [0.2, 0.25) is 0 Å². The summed E-state index contributed by atoms with van der Waals surface area (Å²) in [5, 5.41) is 2.55. The SMILES string of the molecule is O=C(CNS(=O)(=O)Cc1ccc(F)c(F)c1)NCc1ccncc1. The van der Waals surface area contributed by atoms with Gasteiger partial charge < -0.3 is 5.32 Å². The van der Waals surface area contributed by atoms with Crippen LogP contribution in [0.4, 0.5) is 8.78 Å². The number of nitrogens with zero attached hydrogens (tertiary/aromatic N) is 1. The second kappa shape index (κ2) is 7.93. The summed E-state index contributed by atoms with van der Waals surface area (Å²) in [4.78, 5) is 15.5. The lowest BCUT2D eigenvalue weighted by atomic mass is 10.2. The first-order valence-corrected chi connectivity index (χ1v) is 8.58. The van der Waals surface area contributed by atoms with Gasteiger partial charge >= 0.3 is 0 Å². The molecule has 0 aliphatic rings. The second-order valence-corrected chi connectivity index (χ2v) is 6.77. The maximum absolute atomic E-state index is 13.1. The van der Waals surface area contributed by atoms with Crippen LogP contribution in [0.15, 0.2) is 42.7 Å². The van der Waals surface area contributed by atoms with Crippen molar-refractivity contribution in [1.82, 2.24) is 15.0 Å². The third-order valence-corrected chi connectivity index (χ3v) is 4.33. The molecule has 128 valence electrons. The zero-order valence-corrected chi connectivity index (χ0v) is 13.3. The van der Waals surface area contributed by atoms with E-state index in [2.05, 4.69) is 15.0 Å². The standard InChI is InChI=1S/C15H15F2N3O3S/c16-13-2-1-12(7-14(13)17)10-24(22,23)20-9-15(21)19-8-11-3-5-18-6-4-11/h1-7,20H,8-10H2,(H,19,21). The predicted octanol–water partition coefficient (Wildman–Crippen LogP) is 1.10. The highest BCUT2D eigenvalue weighted by molar-refractivity contribution is 7.88. The van der Waals surface area contributed by atoms with Crippen LogP contribution in [-0.2, 0) is 27.1 Å². The number of pyridine rings is 1. The molecule has 2 aromatic rings. The maximum Gasteiger partial charge on any atom is 0.235 e. The molecule has 1 aromatic carbocycles. The van der Waals surface area contributed by atoms with Crippen molar-refractivity contribution in [3.8, 4) is 0 Å². The predicted molar refractivity (Wildman–Crippen MR) is 83.1 cm³/mol. The Morgan fingerprint density at radius 1 is 1.04 bits per heavy atom. The van der Waals surface area contributed by atoms with Gasteiger partial charge in [0.2, 0.25) is 15.9 Å². The van der Waals surface area contributed by atoms with Gasteiger partial charge in [-0.25, -0.2) is 21.9 Å². The minimum Gasteiger partial charge on any atom is -0.351 e. The van der Waals surface area contributed by atoms with E-state index in [1.54, 1.807) is 24.5 Å². The van der Waals surface area contributed by atoms with Crippen LogP contribution < -0.4 is 10.0 Å². The van der Waals surface area contributed by atoms with Gasteiger partial charge in [-0.2, -0.15) is 0 Å². The lowest BCUT2D eigenvalue weighted by Crippen LogP contribution is -2.37. The first-order chi connectivity index (χ1) is 11.4. The fourth-order valence-corrected chi connectivity index (χ4v) is 2.91. The average Bonchev–Trinajstić information content (AvgIpc) is 2.55. The molecule has 1 heterocycles.